The molecule has 1 aromatic rings. The third kappa shape index (κ3) is 5.27. The van der Waals surface area contributed by atoms with Crippen LogP contribution in [-0.4, -0.2) is 54.9 Å². The van der Waals surface area contributed by atoms with Gasteiger partial charge in [0.15, 0.2) is 0 Å². The smallest absolute Gasteiger partial charge is 0.266 e. The molecule has 2 unspecified atom stereocenters. The van der Waals surface area contributed by atoms with Gasteiger partial charge in [-0.05, 0) is 37.9 Å². The summed E-state index contributed by atoms with van der Waals surface area (Å²) in [5.41, 5.74) is 5.21. The topological polar surface area (TPSA) is 130 Å². The average molecular weight is 396 g/mol. The minimum Gasteiger partial charge on any atom is -0.390 e. The Bertz CT molecular complexity index is 754. The Balaban J connectivity index is 2.36. The quantitative estimate of drug-likeness (QED) is 0.596. The molecular weight excluding hydrogens is 370 g/mol. The van der Waals surface area contributed by atoms with Crippen molar-refractivity contribution in [1.29, 1.82) is 0 Å². The maximum absolute atomic E-state index is 13.2. The van der Waals surface area contributed by atoms with E-state index in [1.807, 2.05) is 0 Å². The number of carbonyl (C=O) groups excluding carboxylic acids is 2. The molecule has 0 saturated carbocycles. The molecule has 4 N–H and O–H groups in total. The van der Waals surface area contributed by atoms with E-state index in [0.29, 0.717) is 19.4 Å². The first-order valence-electron chi connectivity index (χ1n) is 8.90. The molecule has 0 bridgehead atoms. The summed E-state index contributed by atoms with van der Waals surface area (Å²) in [6, 6.07) is 6.74. The Morgan fingerprint density at radius 2 is 2.04 bits per heavy atom. The molecule has 0 spiro atoms. The lowest BCUT2D eigenvalue weighted by molar-refractivity contribution is -0.126. The van der Waals surface area contributed by atoms with Gasteiger partial charge in [0.1, 0.15) is 0 Å². The zero-order valence-electron chi connectivity index (χ0n) is 15.2. The first kappa shape index (κ1) is 21.3. The van der Waals surface area contributed by atoms with Crippen molar-refractivity contribution in [2.45, 2.75) is 43.2 Å². The lowest BCUT2D eigenvalue weighted by Crippen LogP contribution is -2.51. The van der Waals surface area contributed by atoms with Crippen molar-refractivity contribution in [3.8, 4) is 0 Å². The van der Waals surface area contributed by atoms with E-state index in [2.05, 4.69) is 5.32 Å². The third-order valence-corrected chi connectivity index (χ3v) is 6.44. The zero-order chi connectivity index (χ0) is 20.0. The van der Waals surface area contributed by atoms with Gasteiger partial charge in [0.05, 0.1) is 23.5 Å². The van der Waals surface area contributed by atoms with Gasteiger partial charge in [-0.1, -0.05) is 25.1 Å². The summed E-state index contributed by atoms with van der Waals surface area (Å²) in [5.74, 6) is -1.94. The maximum Gasteiger partial charge on any atom is 0.266 e. The first-order valence-corrected chi connectivity index (χ1v) is 10.3. The Morgan fingerprint density at radius 3 is 2.67 bits per heavy atom. The number of amides is 2. The SMILES string of the molecule is CC(C[CH]C(=O)N(C1CCCNC[C@@H]1O)S(=O)(=O)c1ccccc1)C(N)=O. The van der Waals surface area contributed by atoms with Gasteiger partial charge in [-0.25, -0.2) is 12.7 Å². The molecule has 1 fully saturated rings. The molecule has 1 aliphatic heterocycles. The van der Waals surface area contributed by atoms with Crippen molar-refractivity contribution >= 4 is 21.8 Å². The first-order chi connectivity index (χ1) is 12.7. The second kappa shape index (κ2) is 9.29. The minimum absolute atomic E-state index is 0.0239. The highest BCUT2D eigenvalue weighted by Gasteiger charge is 2.39. The molecule has 9 heteroatoms. The summed E-state index contributed by atoms with van der Waals surface area (Å²) in [7, 11) is -4.17. The van der Waals surface area contributed by atoms with Crippen LogP contribution < -0.4 is 11.1 Å². The van der Waals surface area contributed by atoms with Crippen LogP contribution >= 0.6 is 0 Å². The van der Waals surface area contributed by atoms with E-state index < -0.39 is 39.9 Å². The van der Waals surface area contributed by atoms with Crippen LogP contribution in [0.15, 0.2) is 35.2 Å². The van der Waals surface area contributed by atoms with Gasteiger partial charge in [0.2, 0.25) is 11.8 Å². The molecule has 1 radical (unpaired) electrons. The number of carbonyl (C=O) groups is 2. The number of aliphatic hydroxyl groups excluding tert-OH is 1. The third-order valence-electron chi connectivity index (χ3n) is 4.60. The molecule has 1 saturated heterocycles. The van der Waals surface area contributed by atoms with E-state index in [0.717, 1.165) is 10.7 Å². The number of hydrogen-bond acceptors (Lipinski definition) is 6. The van der Waals surface area contributed by atoms with Gasteiger partial charge in [0.25, 0.3) is 10.0 Å². The largest absolute Gasteiger partial charge is 0.390 e. The lowest BCUT2D eigenvalue weighted by Gasteiger charge is -2.33. The molecule has 1 aromatic carbocycles. The zero-order valence-corrected chi connectivity index (χ0v) is 16.1. The van der Waals surface area contributed by atoms with Crippen molar-refractivity contribution in [2.24, 2.45) is 11.7 Å². The van der Waals surface area contributed by atoms with E-state index >= 15 is 0 Å². The van der Waals surface area contributed by atoms with Crippen LogP contribution in [0.1, 0.15) is 26.2 Å². The van der Waals surface area contributed by atoms with Gasteiger partial charge >= 0.3 is 0 Å². The number of rotatable bonds is 7. The van der Waals surface area contributed by atoms with Gasteiger partial charge in [-0.15, -0.1) is 0 Å². The summed E-state index contributed by atoms with van der Waals surface area (Å²) in [4.78, 5) is 24.0. The summed E-state index contributed by atoms with van der Waals surface area (Å²) >= 11 is 0. The van der Waals surface area contributed by atoms with Crippen LogP contribution in [0, 0.1) is 12.3 Å². The highest BCUT2D eigenvalue weighted by atomic mass is 32.2. The number of nitrogens with zero attached hydrogens (tertiary/aromatic N) is 1. The fourth-order valence-corrected chi connectivity index (χ4v) is 4.58. The van der Waals surface area contributed by atoms with Crippen LogP contribution in [0.2, 0.25) is 0 Å². The van der Waals surface area contributed by atoms with Crippen LogP contribution in [-0.2, 0) is 19.6 Å². The summed E-state index contributed by atoms with van der Waals surface area (Å²) in [5, 5.41) is 13.5. The Morgan fingerprint density at radius 1 is 1.37 bits per heavy atom. The van der Waals surface area contributed by atoms with E-state index in [1.54, 1.807) is 25.1 Å². The molecular formula is C18H26N3O5S. The molecule has 3 atom stereocenters. The molecule has 0 aliphatic carbocycles. The predicted octanol–water partition coefficient (Wildman–Crippen LogP) is 0.0326. The summed E-state index contributed by atoms with van der Waals surface area (Å²) < 4.78 is 27.1. The molecule has 2 amide bonds. The highest BCUT2D eigenvalue weighted by Crippen LogP contribution is 2.25. The van der Waals surface area contributed by atoms with E-state index in [-0.39, 0.29) is 17.9 Å². The predicted molar refractivity (Wildman–Crippen MR) is 99.6 cm³/mol. The lowest BCUT2D eigenvalue weighted by atomic mass is 10.0. The minimum atomic E-state index is -4.17. The van der Waals surface area contributed by atoms with E-state index in [4.69, 9.17) is 5.73 Å². The van der Waals surface area contributed by atoms with Crippen LogP contribution in [0.4, 0.5) is 0 Å². The van der Waals surface area contributed by atoms with Crippen molar-refractivity contribution < 1.29 is 23.1 Å². The Hall–Kier alpha value is -1.97. The monoisotopic (exact) mass is 396 g/mol. The Labute approximate surface area is 159 Å². The second-order valence-electron chi connectivity index (χ2n) is 6.68. The fraction of sp³-hybridized carbons (Fsp3) is 0.500. The molecule has 149 valence electrons. The molecule has 27 heavy (non-hydrogen) atoms. The fourth-order valence-electron chi connectivity index (χ4n) is 2.94. The highest BCUT2D eigenvalue weighted by molar-refractivity contribution is 7.89. The maximum atomic E-state index is 13.2. The van der Waals surface area contributed by atoms with Gasteiger partial charge in [-0.2, -0.15) is 0 Å². The van der Waals surface area contributed by atoms with E-state index in [9.17, 15) is 23.1 Å². The summed E-state index contributed by atoms with van der Waals surface area (Å²) in [6.07, 6.45) is 1.10. The normalized spacial score (nSPS) is 21.9. The second-order valence-corrected chi connectivity index (χ2v) is 8.49. The van der Waals surface area contributed by atoms with Crippen LogP contribution in [0.3, 0.4) is 0 Å². The number of nitrogens with one attached hydrogen (secondary N) is 1. The van der Waals surface area contributed by atoms with Crippen LogP contribution in [0.25, 0.3) is 0 Å². The van der Waals surface area contributed by atoms with E-state index in [1.165, 1.54) is 12.1 Å². The molecule has 1 heterocycles. The number of primary amides is 1. The van der Waals surface area contributed by atoms with Crippen molar-refractivity contribution in [3.05, 3.63) is 36.8 Å². The number of aliphatic hydroxyl groups is 1. The van der Waals surface area contributed by atoms with Gasteiger partial charge in [0, 0.05) is 12.5 Å². The molecule has 8 nitrogen and oxygen atoms in total. The average Bonchev–Trinajstić information content (AvgIpc) is 2.85. The van der Waals surface area contributed by atoms with Crippen molar-refractivity contribution in [3.63, 3.8) is 0 Å². The van der Waals surface area contributed by atoms with Crippen molar-refractivity contribution in [2.75, 3.05) is 13.1 Å². The molecule has 0 aromatic heterocycles. The molecule has 1 aliphatic rings. The number of sulfonamides is 1. The van der Waals surface area contributed by atoms with Gasteiger partial charge in [-0.3, -0.25) is 9.59 Å². The number of benzene rings is 1. The molecule has 2 rings (SSSR count). The van der Waals surface area contributed by atoms with Crippen LogP contribution in [0.5, 0.6) is 0 Å². The summed E-state index contributed by atoms with van der Waals surface area (Å²) in [6.45, 7) is 2.38. The Kier molecular flexibility index (Phi) is 7.34. The number of β-amino-alcohol motifs (C(OH)–C–C–N with tert-alkyl or cyclic N) is 1. The van der Waals surface area contributed by atoms with Gasteiger partial charge < -0.3 is 16.2 Å². The number of nitrogens with two attached hydrogens (primary N) is 1. The standard InChI is InChI=1S/C18H26N3O5S/c1-13(18(19)24)9-10-17(23)21(15-8-5-11-20-12-16(15)22)27(25,26)14-6-3-2-4-7-14/h2-4,6-7,10,13,15-16,20,22H,5,8-9,11-12H2,1H3,(H2,19,24)/t13?,15?,16-/m0/s1. The van der Waals surface area contributed by atoms with Crippen molar-refractivity contribution in [1.82, 2.24) is 9.62 Å². The number of hydrogen-bond donors (Lipinski definition) is 3.